The monoisotopic (exact) mass is 625 g/mol. The lowest BCUT2D eigenvalue weighted by atomic mass is 9.99. The van der Waals surface area contributed by atoms with E-state index in [-0.39, 0.29) is 0 Å². The van der Waals surface area contributed by atoms with Crippen LogP contribution in [0.4, 0.5) is 0 Å². The Morgan fingerprint density at radius 2 is 1.07 bits per heavy atom. The average molecular weight is 626 g/mol. The highest BCUT2D eigenvalue weighted by Crippen LogP contribution is 2.47. The molecule has 0 aliphatic rings. The molecule has 0 aliphatic carbocycles. The summed E-state index contributed by atoms with van der Waals surface area (Å²) in [5, 5.41) is 7.20. The van der Waals surface area contributed by atoms with Crippen LogP contribution in [-0.2, 0) is 0 Å². The summed E-state index contributed by atoms with van der Waals surface area (Å²) in [6.45, 7) is 0. The minimum absolute atomic E-state index is 0.552. The third-order valence-electron chi connectivity index (χ3n) is 8.59. The number of nitrogens with zero attached hydrogens (tertiary/aromatic N) is 3. The van der Waals surface area contributed by atoms with E-state index in [2.05, 4.69) is 140 Å². The summed E-state index contributed by atoms with van der Waals surface area (Å²) in [6.07, 6.45) is 0. The first kappa shape index (κ1) is 26.9. The van der Waals surface area contributed by atoms with Gasteiger partial charge in [0.05, 0.1) is 5.02 Å². The maximum absolute atomic E-state index is 7.48. The highest BCUT2D eigenvalue weighted by atomic mass is 35.5. The molecule has 216 valence electrons. The summed E-state index contributed by atoms with van der Waals surface area (Å²) >= 11 is 9.25. The summed E-state index contributed by atoms with van der Waals surface area (Å²) in [4.78, 5) is 15.5. The van der Waals surface area contributed by atoms with Gasteiger partial charge in [-0.15, -0.1) is 11.3 Å². The lowest BCUT2D eigenvalue weighted by Gasteiger charge is -2.14. The van der Waals surface area contributed by atoms with E-state index in [1.54, 1.807) is 11.3 Å². The molecule has 2 heterocycles. The molecule has 7 aromatic carbocycles. The fourth-order valence-electron chi connectivity index (χ4n) is 6.44. The van der Waals surface area contributed by atoms with Gasteiger partial charge < -0.3 is 0 Å². The molecule has 0 fully saturated rings. The van der Waals surface area contributed by atoms with E-state index < -0.39 is 0 Å². The number of hydrogen-bond donors (Lipinski definition) is 0. The van der Waals surface area contributed by atoms with Crippen molar-refractivity contribution in [1.29, 1.82) is 0 Å². The van der Waals surface area contributed by atoms with Gasteiger partial charge in [0.25, 0.3) is 0 Å². The van der Waals surface area contributed by atoms with Crippen molar-refractivity contribution in [2.75, 3.05) is 0 Å². The van der Waals surface area contributed by atoms with Gasteiger partial charge >= 0.3 is 0 Å². The Kier molecular flexibility index (Phi) is 6.37. The maximum Gasteiger partial charge on any atom is 0.166 e. The van der Waals surface area contributed by atoms with Crippen molar-refractivity contribution in [2.24, 2.45) is 0 Å². The standard InChI is InChI=1S/C41H24ClN3S/c42-37-35-33-21-8-9-23-34(33)46-38(35)31-20-7-6-19-30(31)36(37)41-44-39(28-17-10-16-27(24-28)25-12-2-1-3-13-25)43-40(45-41)32-22-11-15-26-14-4-5-18-29(26)32/h1-24H. The van der Waals surface area contributed by atoms with Crippen LogP contribution in [0.5, 0.6) is 0 Å². The van der Waals surface area contributed by atoms with Crippen LogP contribution < -0.4 is 0 Å². The van der Waals surface area contributed by atoms with Crippen LogP contribution in [0.2, 0.25) is 5.02 Å². The van der Waals surface area contributed by atoms with Crippen molar-refractivity contribution in [3.05, 3.63) is 151 Å². The van der Waals surface area contributed by atoms with Crippen molar-refractivity contribution in [1.82, 2.24) is 15.0 Å². The fraction of sp³-hybridized carbons (Fsp3) is 0. The van der Waals surface area contributed by atoms with Crippen molar-refractivity contribution in [3.63, 3.8) is 0 Å². The Morgan fingerprint density at radius 1 is 0.457 bits per heavy atom. The Bertz CT molecular complexity index is 2600. The molecule has 0 saturated carbocycles. The first-order valence-corrected chi connectivity index (χ1v) is 16.3. The summed E-state index contributed by atoms with van der Waals surface area (Å²) in [6, 6.07) is 50.2. The minimum atomic E-state index is 0.552. The van der Waals surface area contributed by atoms with Gasteiger partial charge in [0.15, 0.2) is 17.5 Å². The predicted molar refractivity (Wildman–Crippen MR) is 194 cm³/mol. The molecule has 0 aliphatic heterocycles. The Labute approximate surface area is 274 Å². The zero-order valence-corrected chi connectivity index (χ0v) is 26.1. The van der Waals surface area contributed by atoms with Crippen molar-refractivity contribution in [3.8, 4) is 45.3 Å². The van der Waals surface area contributed by atoms with Crippen LogP contribution in [-0.4, -0.2) is 15.0 Å². The molecular weight excluding hydrogens is 602 g/mol. The van der Waals surface area contributed by atoms with Gasteiger partial charge in [0, 0.05) is 42.2 Å². The van der Waals surface area contributed by atoms with E-state index >= 15 is 0 Å². The molecule has 5 heteroatoms. The molecule has 3 nitrogen and oxygen atoms in total. The normalized spacial score (nSPS) is 11.6. The van der Waals surface area contributed by atoms with Gasteiger partial charge in [-0.25, -0.2) is 15.0 Å². The molecule has 9 rings (SSSR count). The molecule has 0 N–H and O–H groups in total. The SMILES string of the molecule is Clc1c(-c2nc(-c3cccc(-c4ccccc4)c3)nc(-c3cccc4ccccc34)n2)c2ccccc2c2sc3ccccc3c12. The Hall–Kier alpha value is -5.42. The van der Waals surface area contributed by atoms with Gasteiger partial charge in [-0.1, -0.05) is 145 Å². The first-order valence-electron chi connectivity index (χ1n) is 15.1. The third-order valence-corrected chi connectivity index (χ3v) is 10.2. The summed E-state index contributed by atoms with van der Waals surface area (Å²) in [7, 11) is 0. The zero-order valence-electron chi connectivity index (χ0n) is 24.5. The van der Waals surface area contributed by atoms with Gasteiger partial charge in [0.2, 0.25) is 0 Å². The zero-order chi connectivity index (χ0) is 30.6. The molecule has 0 saturated heterocycles. The first-order chi connectivity index (χ1) is 22.7. The molecule has 9 aromatic rings. The molecule has 2 aromatic heterocycles. The topological polar surface area (TPSA) is 38.7 Å². The van der Waals surface area contributed by atoms with Crippen molar-refractivity contribution in [2.45, 2.75) is 0 Å². The number of halogens is 1. The van der Waals surface area contributed by atoms with Crippen molar-refractivity contribution < 1.29 is 0 Å². The quantitative estimate of drug-likeness (QED) is 0.195. The predicted octanol–water partition coefficient (Wildman–Crippen LogP) is 11.9. The van der Waals surface area contributed by atoms with Crippen LogP contribution in [0.1, 0.15) is 0 Å². The van der Waals surface area contributed by atoms with Crippen LogP contribution in [0.25, 0.3) is 87.0 Å². The van der Waals surface area contributed by atoms with Crippen LogP contribution in [0, 0.1) is 0 Å². The van der Waals surface area contributed by atoms with Gasteiger partial charge in [-0.2, -0.15) is 0 Å². The lowest BCUT2D eigenvalue weighted by molar-refractivity contribution is 1.08. The average Bonchev–Trinajstić information content (AvgIpc) is 3.52. The van der Waals surface area contributed by atoms with Crippen LogP contribution >= 0.6 is 22.9 Å². The van der Waals surface area contributed by atoms with Gasteiger partial charge in [0.1, 0.15) is 0 Å². The van der Waals surface area contributed by atoms with E-state index in [9.17, 15) is 0 Å². The van der Waals surface area contributed by atoms with Gasteiger partial charge in [-0.05, 0) is 39.4 Å². The maximum atomic E-state index is 7.48. The molecule has 0 spiro atoms. The third kappa shape index (κ3) is 4.38. The minimum Gasteiger partial charge on any atom is -0.208 e. The highest BCUT2D eigenvalue weighted by Gasteiger charge is 2.22. The van der Waals surface area contributed by atoms with Crippen molar-refractivity contribution >= 4 is 64.7 Å². The number of benzene rings is 7. The molecule has 0 atom stereocenters. The van der Waals surface area contributed by atoms with E-state index in [0.29, 0.717) is 22.5 Å². The molecule has 0 radical (unpaired) electrons. The largest absolute Gasteiger partial charge is 0.208 e. The van der Waals surface area contributed by atoms with E-state index in [4.69, 9.17) is 26.6 Å². The summed E-state index contributed by atoms with van der Waals surface area (Å²) in [5.41, 5.74) is 4.91. The van der Waals surface area contributed by atoms with E-state index in [1.807, 2.05) is 6.07 Å². The lowest BCUT2D eigenvalue weighted by Crippen LogP contribution is -2.01. The Balaban J connectivity index is 1.37. The molecule has 0 amide bonds. The number of thiophene rings is 1. The fourth-order valence-corrected chi connectivity index (χ4v) is 8.13. The molecule has 0 bridgehead atoms. The smallest absolute Gasteiger partial charge is 0.166 e. The van der Waals surface area contributed by atoms with E-state index in [0.717, 1.165) is 60.1 Å². The second-order valence-electron chi connectivity index (χ2n) is 11.3. The number of hydrogen-bond acceptors (Lipinski definition) is 4. The molecule has 46 heavy (non-hydrogen) atoms. The number of aromatic nitrogens is 3. The van der Waals surface area contributed by atoms with Gasteiger partial charge in [-0.3, -0.25) is 0 Å². The summed E-state index contributed by atoms with van der Waals surface area (Å²) in [5.74, 6) is 1.76. The second kappa shape index (κ2) is 10.9. The molecule has 0 unspecified atom stereocenters. The second-order valence-corrected chi connectivity index (χ2v) is 12.7. The highest BCUT2D eigenvalue weighted by molar-refractivity contribution is 7.26. The van der Waals surface area contributed by atoms with Crippen LogP contribution in [0.15, 0.2) is 146 Å². The molecular formula is C41H24ClN3S. The summed E-state index contributed by atoms with van der Waals surface area (Å²) < 4.78 is 2.37. The van der Waals surface area contributed by atoms with E-state index in [1.165, 1.54) is 9.40 Å². The Morgan fingerprint density at radius 3 is 1.93 bits per heavy atom. The number of rotatable bonds is 4. The number of fused-ring (bicyclic) bond motifs is 6. The van der Waals surface area contributed by atoms with Crippen LogP contribution in [0.3, 0.4) is 0 Å².